The second-order valence-electron chi connectivity index (χ2n) is 20.9. The molecule has 0 aliphatic rings. The third kappa shape index (κ3) is 60.9. The number of hydrogen-bond acceptors (Lipinski definition) is 6. The number of carbonyl (C=O) groups excluding carboxylic acids is 3. The van der Waals surface area contributed by atoms with E-state index in [9.17, 15) is 14.4 Å². The Balaban J connectivity index is 4.26. The van der Waals surface area contributed by atoms with Crippen LogP contribution in [-0.4, -0.2) is 37.2 Å². The molecule has 0 saturated heterocycles. The van der Waals surface area contributed by atoms with Crippen LogP contribution >= 0.6 is 0 Å². The first-order valence-corrected chi connectivity index (χ1v) is 31.9. The summed E-state index contributed by atoms with van der Waals surface area (Å²) < 4.78 is 16.9. The molecule has 0 fully saturated rings. The van der Waals surface area contributed by atoms with Gasteiger partial charge in [-0.05, 0) is 109 Å². The molecule has 0 bridgehead atoms. The van der Waals surface area contributed by atoms with E-state index >= 15 is 0 Å². The van der Waals surface area contributed by atoms with Crippen molar-refractivity contribution in [1.82, 2.24) is 0 Å². The van der Waals surface area contributed by atoms with Gasteiger partial charge in [0, 0.05) is 19.3 Å². The summed E-state index contributed by atoms with van der Waals surface area (Å²) in [6.07, 6.45) is 86.6. The van der Waals surface area contributed by atoms with E-state index in [0.717, 1.165) is 135 Å². The number of allylic oxidation sites excluding steroid dienone is 18. The monoisotopic (exact) mass is 1050 g/mol. The standard InChI is InChI=1S/C70H118O6/c1-4-7-10-13-16-19-22-25-27-28-29-30-31-32-33-34-35-36-37-38-39-40-41-42-44-45-48-51-54-57-60-63-69(72)75-66-67(65-74-68(71)62-59-56-53-50-47-24-21-18-15-12-9-6-3)76-70(73)64-61-58-55-52-49-46-43-26-23-20-17-14-11-8-5-2/h7,10,16-17,19-20,25-27,29-30,32-33,35-36,38-39,43,67H,4-6,8-9,11-15,18,21-24,28,31,34,37,40-42,44-66H2,1-3H3/b10-7-,19-16-,20-17-,27-25-,30-29-,33-32-,36-35-,39-38-,43-26-. The quantitative estimate of drug-likeness (QED) is 0.0261. The van der Waals surface area contributed by atoms with E-state index in [1.165, 1.54) is 122 Å². The third-order valence-electron chi connectivity index (χ3n) is 13.5. The zero-order valence-electron chi connectivity index (χ0n) is 49.7. The Bertz CT molecular complexity index is 1540. The van der Waals surface area contributed by atoms with Crippen molar-refractivity contribution in [2.45, 2.75) is 303 Å². The fourth-order valence-electron chi connectivity index (χ4n) is 8.75. The summed E-state index contributed by atoms with van der Waals surface area (Å²) in [5.41, 5.74) is 0. The van der Waals surface area contributed by atoms with Gasteiger partial charge in [0.05, 0.1) is 0 Å². The summed E-state index contributed by atoms with van der Waals surface area (Å²) in [6, 6.07) is 0. The molecule has 0 heterocycles. The predicted molar refractivity (Wildman–Crippen MR) is 330 cm³/mol. The van der Waals surface area contributed by atoms with Crippen LogP contribution in [0.5, 0.6) is 0 Å². The molecular weight excluding hydrogens is 937 g/mol. The lowest BCUT2D eigenvalue weighted by atomic mass is 10.0. The van der Waals surface area contributed by atoms with E-state index in [0.29, 0.717) is 19.3 Å². The molecule has 0 aromatic rings. The molecule has 0 N–H and O–H groups in total. The van der Waals surface area contributed by atoms with E-state index < -0.39 is 6.10 Å². The predicted octanol–water partition coefficient (Wildman–Crippen LogP) is 21.8. The van der Waals surface area contributed by atoms with Gasteiger partial charge in [-0.2, -0.15) is 0 Å². The van der Waals surface area contributed by atoms with Gasteiger partial charge in [-0.3, -0.25) is 14.4 Å². The van der Waals surface area contributed by atoms with Crippen molar-refractivity contribution in [1.29, 1.82) is 0 Å². The molecule has 0 spiro atoms. The number of carbonyl (C=O) groups is 3. The molecule has 0 amide bonds. The van der Waals surface area contributed by atoms with E-state index in [1.54, 1.807) is 0 Å². The van der Waals surface area contributed by atoms with E-state index in [4.69, 9.17) is 14.2 Å². The Morgan fingerprint density at radius 1 is 0.276 bits per heavy atom. The molecule has 76 heavy (non-hydrogen) atoms. The van der Waals surface area contributed by atoms with Crippen LogP contribution in [0.25, 0.3) is 0 Å². The Morgan fingerprint density at radius 3 is 0.829 bits per heavy atom. The average molecular weight is 1060 g/mol. The first kappa shape index (κ1) is 72.1. The lowest BCUT2D eigenvalue weighted by molar-refractivity contribution is -0.167. The van der Waals surface area contributed by atoms with Crippen LogP contribution < -0.4 is 0 Å². The Hall–Kier alpha value is -3.93. The van der Waals surface area contributed by atoms with Crippen molar-refractivity contribution in [2.24, 2.45) is 0 Å². The van der Waals surface area contributed by atoms with Crippen LogP contribution in [0, 0.1) is 0 Å². The molecule has 1 unspecified atom stereocenters. The van der Waals surface area contributed by atoms with Crippen molar-refractivity contribution in [3.63, 3.8) is 0 Å². The van der Waals surface area contributed by atoms with Gasteiger partial charge < -0.3 is 14.2 Å². The van der Waals surface area contributed by atoms with Gasteiger partial charge in [-0.1, -0.05) is 278 Å². The van der Waals surface area contributed by atoms with Crippen LogP contribution in [-0.2, 0) is 28.6 Å². The van der Waals surface area contributed by atoms with Crippen molar-refractivity contribution >= 4 is 17.9 Å². The van der Waals surface area contributed by atoms with Crippen molar-refractivity contribution in [2.75, 3.05) is 13.2 Å². The van der Waals surface area contributed by atoms with Crippen LogP contribution in [0.4, 0.5) is 0 Å². The van der Waals surface area contributed by atoms with Gasteiger partial charge in [0.1, 0.15) is 13.2 Å². The van der Waals surface area contributed by atoms with Crippen LogP contribution in [0.15, 0.2) is 109 Å². The number of hydrogen-bond donors (Lipinski definition) is 0. The molecule has 6 nitrogen and oxygen atoms in total. The molecule has 1 atom stereocenters. The number of esters is 3. The lowest BCUT2D eigenvalue weighted by Crippen LogP contribution is -2.30. The topological polar surface area (TPSA) is 78.9 Å². The van der Waals surface area contributed by atoms with Crippen LogP contribution in [0.3, 0.4) is 0 Å². The lowest BCUT2D eigenvalue weighted by Gasteiger charge is -2.18. The second-order valence-corrected chi connectivity index (χ2v) is 20.9. The first-order valence-electron chi connectivity index (χ1n) is 31.9. The SMILES string of the molecule is CC/C=C\C/C=C\C/C=C\C/C=C\C/C=C\C/C=C\C/C=C\CCCCCCCCCCCC(=O)OCC(COC(=O)CCCCCCCCCCCCCC)OC(=O)CCCCCCC/C=C\C/C=C\CCCCC. The summed E-state index contributed by atoms with van der Waals surface area (Å²) in [6.45, 7) is 6.49. The molecular formula is C70H118O6. The highest BCUT2D eigenvalue weighted by Gasteiger charge is 2.19. The van der Waals surface area contributed by atoms with Gasteiger partial charge >= 0.3 is 17.9 Å². The molecule has 0 aromatic carbocycles. The molecule has 0 aliphatic carbocycles. The Morgan fingerprint density at radius 2 is 0.513 bits per heavy atom. The fraction of sp³-hybridized carbons (Fsp3) is 0.700. The van der Waals surface area contributed by atoms with Gasteiger partial charge in [-0.25, -0.2) is 0 Å². The number of ether oxygens (including phenoxy) is 3. The zero-order chi connectivity index (χ0) is 55.0. The summed E-state index contributed by atoms with van der Waals surface area (Å²) >= 11 is 0. The minimum absolute atomic E-state index is 0.0833. The normalized spacial score (nSPS) is 12.8. The van der Waals surface area contributed by atoms with Crippen molar-refractivity contribution in [3.8, 4) is 0 Å². The molecule has 0 rings (SSSR count). The van der Waals surface area contributed by atoms with E-state index in [2.05, 4.69) is 130 Å². The summed E-state index contributed by atoms with van der Waals surface area (Å²) in [5.74, 6) is -0.897. The minimum atomic E-state index is -0.787. The maximum atomic E-state index is 12.9. The van der Waals surface area contributed by atoms with Crippen LogP contribution in [0.1, 0.15) is 297 Å². The second kappa shape index (κ2) is 63.6. The highest BCUT2D eigenvalue weighted by Crippen LogP contribution is 2.16. The molecule has 434 valence electrons. The Kier molecular flexibility index (Phi) is 60.3. The van der Waals surface area contributed by atoms with E-state index in [1.807, 2.05) is 0 Å². The first-order chi connectivity index (χ1) is 37.5. The van der Waals surface area contributed by atoms with E-state index in [-0.39, 0.29) is 31.1 Å². The molecule has 0 saturated carbocycles. The largest absolute Gasteiger partial charge is 0.462 e. The molecule has 6 heteroatoms. The summed E-state index contributed by atoms with van der Waals surface area (Å²) in [7, 11) is 0. The minimum Gasteiger partial charge on any atom is -0.462 e. The third-order valence-corrected chi connectivity index (χ3v) is 13.5. The fourth-order valence-corrected chi connectivity index (χ4v) is 8.75. The maximum Gasteiger partial charge on any atom is 0.306 e. The highest BCUT2D eigenvalue weighted by atomic mass is 16.6. The molecule has 0 aromatic heterocycles. The van der Waals surface area contributed by atoms with Crippen molar-refractivity contribution in [3.05, 3.63) is 109 Å². The van der Waals surface area contributed by atoms with Gasteiger partial charge in [0.2, 0.25) is 0 Å². The van der Waals surface area contributed by atoms with Gasteiger partial charge in [-0.15, -0.1) is 0 Å². The Labute approximate surface area is 470 Å². The average Bonchev–Trinajstić information content (AvgIpc) is 3.42. The van der Waals surface area contributed by atoms with Gasteiger partial charge in [0.25, 0.3) is 0 Å². The number of rotatable bonds is 57. The number of unbranched alkanes of at least 4 members (excludes halogenated alkanes) is 28. The van der Waals surface area contributed by atoms with Gasteiger partial charge in [0.15, 0.2) is 6.10 Å². The molecule has 0 radical (unpaired) electrons. The molecule has 0 aliphatic heterocycles. The maximum absolute atomic E-state index is 12.9. The smallest absolute Gasteiger partial charge is 0.306 e. The highest BCUT2D eigenvalue weighted by molar-refractivity contribution is 5.71. The summed E-state index contributed by atoms with van der Waals surface area (Å²) in [5, 5.41) is 0. The van der Waals surface area contributed by atoms with Crippen LogP contribution in [0.2, 0.25) is 0 Å². The summed E-state index contributed by atoms with van der Waals surface area (Å²) in [4.78, 5) is 38.2. The zero-order valence-corrected chi connectivity index (χ0v) is 49.7. The van der Waals surface area contributed by atoms with Crippen molar-refractivity contribution < 1.29 is 28.6 Å².